The van der Waals surface area contributed by atoms with E-state index in [1.54, 1.807) is 11.3 Å². The molecule has 0 aromatic carbocycles. The topological polar surface area (TPSA) is 57.2 Å². The van der Waals surface area contributed by atoms with Crippen LogP contribution in [-0.2, 0) is 11.5 Å². The maximum atomic E-state index is 5.99. The first-order valence-corrected chi connectivity index (χ1v) is 14.1. The second-order valence-electron chi connectivity index (χ2n) is 8.50. The Morgan fingerprint density at radius 2 is 1.94 bits per heavy atom. The molecule has 0 aliphatic rings. The minimum atomic E-state index is -0.569. The SMILES string of the molecule is Cc1cscc1-c1cn(COCCS(C)(C)C)c(/C=C/c2nc3cccc(C)n3n2)n1. The number of imidazole rings is 1. The average molecular weight is 456 g/mol. The van der Waals surface area contributed by atoms with Crippen molar-refractivity contribution >= 4 is 39.2 Å². The molecule has 0 aliphatic carbocycles. The largest absolute Gasteiger partial charge is 0.360 e. The minimum Gasteiger partial charge on any atom is -0.360 e. The molecule has 0 radical (unpaired) electrons. The Bertz CT molecular complexity index is 1210. The molecule has 0 aliphatic heterocycles. The predicted molar refractivity (Wildman–Crippen MR) is 133 cm³/mol. The number of hydrogen-bond donors (Lipinski definition) is 0. The van der Waals surface area contributed by atoms with Crippen LogP contribution in [0.4, 0.5) is 0 Å². The molecule has 0 amide bonds. The van der Waals surface area contributed by atoms with E-state index in [4.69, 9.17) is 9.72 Å². The van der Waals surface area contributed by atoms with Gasteiger partial charge < -0.3 is 9.30 Å². The number of aromatic nitrogens is 5. The van der Waals surface area contributed by atoms with Crippen LogP contribution in [0.2, 0.25) is 0 Å². The zero-order valence-electron chi connectivity index (χ0n) is 18.7. The Hall–Kier alpha value is -2.42. The van der Waals surface area contributed by atoms with Gasteiger partial charge in [-0.25, -0.2) is 24.5 Å². The van der Waals surface area contributed by atoms with Crippen molar-refractivity contribution in [1.29, 1.82) is 0 Å². The molecule has 8 heteroatoms. The van der Waals surface area contributed by atoms with E-state index in [9.17, 15) is 0 Å². The predicted octanol–water partition coefficient (Wildman–Crippen LogP) is 5.11. The molecule has 0 bridgehead atoms. The van der Waals surface area contributed by atoms with Crippen LogP contribution in [0.3, 0.4) is 0 Å². The number of nitrogens with zero attached hydrogens (tertiary/aromatic N) is 5. The van der Waals surface area contributed by atoms with Gasteiger partial charge in [-0.05, 0) is 67.8 Å². The summed E-state index contributed by atoms with van der Waals surface area (Å²) in [7, 11) is -0.569. The van der Waals surface area contributed by atoms with Crippen LogP contribution >= 0.6 is 21.4 Å². The molecule has 0 saturated carbocycles. The maximum Gasteiger partial charge on any atom is 0.175 e. The summed E-state index contributed by atoms with van der Waals surface area (Å²) < 4.78 is 9.90. The molecule has 0 saturated heterocycles. The molecule has 0 spiro atoms. The molecule has 164 valence electrons. The Kier molecular flexibility index (Phi) is 6.31. The van der Waals surface area contributed by atoms with Gasteiger partial charge in [0.2, 0.25) is 0 Å². The van der Waals surface area contributed by atoms with Gasteiger partial charge in [-0.2, -0.15) is 11.3 Å². The van der Waals surface area contributed by atoms with Gasteiger partial charge in [-0.1, -0.05) is 6.07 Å². The van der Waals surface area contributed by atoms with Crippen molar-refractivity contribution in [2.45, 2.75) is 20.6 Å². The highest BCUT2D eigenvalue weighted by Gasteiger charge is 2.12. The zero-order chi connectivity index (χ0) is 22.0. The fraction of sp³-hybridized carbons (Fsp3) is 0.348. The highest BCUT2D eigenvalue weighted by atomic mass is 32.3. The van der Waals surface area contributed by atoms with E-state index in [2.05, 4.69) is 57.3 Å². The van der Waals surface area contributed by atoms with Crippen molar-refractivity contribution in [2.24, 2.45) is 0 Å². The molecular formula is C23H29N5OS2. The first-order chi connectivity index (χ1) is 14.8. The van der Waals surface area contributed by atoms with E-state index in [0.29, 0.717) is 12.6 Å². The van der Waals surface area contributed by atoms with Crippen molar-refractivity contribution in [3.05, 3.63) is 58.1 Å². The monoisotopic (exact) mass is 455 g/mol. The Labute approximate surface area is 188 Å². The molecule has 0 fully saturated rings. The maximum absolute atomic E-state index is 5.99. The minimum absolute atomic E-state index is 0.475. The summed E-state index contributed by atoms with van der Waals surface area (Å²) in [4.78, 5) is 9.47. The fourth-order valence-electron chi connectivity index (χ4n) is 3.16. The summed E-state index contributed by atoms with van der Waals surface area (Å²) in [6.07, 6.45) is 12.9. The van der Waals surface area contributed by atoms with Gasteiger partial charge in [0, 0.05) is 28.6 Å². The molecule has 4 rings (SSSR count). The van der Waals surface area contributed by atoms with E-state index in [0.717, 1.165) is 35.2 Å². The lowest BCUT2D eigenvalue weighted by Gasteiger charge is -2.24. The van der Waals surface area contributed by atoms with Crippen molar-refractivity contribution in [3.63, 3.8) is 0 Å². The summed E-state index contributed by atoms with van der Waals surface area (Å²) >= 11 is 1.70. The Morgan fingerprint density at radius 3 is 2.65 bits per heavy atom. The molecule has 4 heterocycles. The quantitative estimate of drug-likeness (QED) is 0.347. The lowest BCUT2D eigenvalue weighted by Crippen LogP contribution is -2.10. The third kappa shape index (κ3) is 5.26. The molecule has 0 unspecified atom stereocenters. The second kappa shape index (κ2) is 8.98. The van der Waals surface area contributed by atoms with E-state index in [1.807, 2.05) is 41.8 Å². The summed E-state index contributed by atoms with van der Waals surface area (Å²) in [6.45, 7) is 5.36. The lowest BCUT2D eigenvalue weighted by atomic mass is 10.2. The van der Waals surface area contributed by atoms with E-state index in [1.165, 1.54) is 11.1 Å². The summed E-state index contributed by atoms with van der Waals surface area (Å²) in [5.74, 6) is 2.59. The van der Waals surface area contributed by atoms with Gasteiger partial charge in [-0.3, -0.25) is 0 Å². The standard InChI is InChI=1S/C23H29N5OS2/c1-17-14-30-15-19(17)20-13-27(16-29-11-12-31(3,4)5)22(24-20)10-9-21-25-23-8-6-7-18(2)28(23)26-21/h6-10,13-15H,11-12,16H2,1-5H3/b10-9+. The van der Waals surface area contributed by atoms with Gasteiger partial charge in [0.15, 0.2) is 11.5 Å². The first kappa shape index (κ1) is 21.8. The number of ether oxygens (including phenoxy) is 1. The summed E-state index contributed by atoms with van der Waals surface area (Å²) in [6, 6.07) is 5.97. The van der Waals surface area contributed by atoms with Crippen LogP contribution in [0.5, 0.6) is 0 Å². The molecule has 4 aromatic rings. The number of fused-ring (bicyclic) bond motifs is 1. The summed E-state index contributed by atoms with van der Waals surface area (Å²) in [5.41, 5.74) is 5.25. The van der Waals surface area contributed by atoms with Crippen molar-refractivity contribution in [2.75, 3.05) is 31.1 Å². The summed E-state index contributed by atoms with van der Waals surface area (Å²) in [5, 5.41) is 8.88. The number of aryl methyl sites for hydroxylation is 2. The van der Waals surface area contributed by atoms with Crippen molar-refractivity contribution in [1.82, 2.24) is 24.1 Å². The highest BCUT2D eigenvalue weighted by molar-refractivity contribution is 8.32. The van der Waals surface area contributed by atoms with Gasteiger partial charge in [0.1, 0.15) is 12.6 Å². The number of thiophene rings is 1. The van der Waals surface area contributed by atoms with Crippen LogP contribution < -0.4 is 0 Å². The molecular weight excluding hydrogens is 426 g/mol. The molecule has 0 atom stereocenters. The zero-order valence-corrected chi connectivity index (χ0v) is 20.3. The van der Waals surface area contributed by atoms with Crippen LogP contribution in [0.15, 0.2) is 35.2 Å². The molecule has 31 heavy (non-hydrogen) atoms. The van der Waals surface area contributed by atoms with E-state index in [-0.39, 0.29) is 0 Å². The van der Waals surface area contributed by atoms with Gasteiger partial charge >= 0.3 is 0 Å². The van der Waals surface area contributed by atoms with Crippen LogP contribution in [0, 0.1) is 13.8 Å². The number of pyridine rings is 1. The van der Waals surface area contributed by atoms with Gasteiger partial charge in [0.25, 0.3) is 0 Å². The normalized spacial score (nSPS) is 12.9. The van der Waals surface area contributed by atoms with Crippen molar-refractivity contribution in [3.8, 4) is 11.3 Å². The Balaban J connectivity index is 1.59. The second-order valence-corrected chi connectivity index (χ2v) is 13.8. The Morgan fingerprint density at radius 1 is 1.10 bits per heavy atom. The highest BCUT2D eigenvalue weighted by Crippen LogP contribution is 2.33. The fourth-order valence-corrected chi connectivity index (χ4v) is 4.62. The van der Waals surface area contributed by atoms with Gasteiger partial charge in [-0.15, -0.1) is 5.10 Å². The smallest absolute Gasteiger partial charge is 0.175 e. The van der Waals surface area contributed by atoms with Crippen LogP contribution in [-0.4, -0.2) is 55.3 Å². The van der Waals surface area contributed by atoms with Gasteiger partial charge in [0.05, 0.1) is 12.3 Å². The number of hydrogen-bond acceptors (Lipinski definition) is 5. The molecule has 4 aromatic heterocycles. The van der Waals surface area contributed by atoms with Crippen molar-refractivity contribution < 1.29 is 4.74 Å². The van der Waals surface area contributed by atoms with Crippen LogP contribution in [0.25, 0.3) is 29.1 Å². The van der Waals surface area contributed by atoms with E-state index >= 15 is 0 Å². The molecule has 0 N–H and O–H groups in total. The number of rotatable bonds is 8. The van der Waals surface area contributed by atoms with E-state index < -0.39 is 10.0 Å². The first-order valence-electron chi connectivity index (χ1n) is 10.1. The molecule has 6 nitrogen and oxygen atoms in total. The lowest BCUT2D eigenvalue weighted by molar-refractivity contribution is 0.0892. The average Bonchev–Trinajstić information content (AvgIpc) is 3.41. The van der Waals surface area contributed by atoms with Crippen LogP contribution in [0.1, 0.15) is 22.9 Å². The third-order valence-electron chi connectivity index (χ3n) is 4.96. The third-order valence-corrected chi connectivity index (χ3v) is 7.21.